The minimum absolute atomic E-state index is 0.589. The Kier molecular flexibility index (Phi) is 4.58. The molecule has 0 aromatic heterocycles. The number of aryl methyl sites for hydroxylation is 1. The summed E-state index contributed by atoms with van der Waals surface area (Å²) in [4.78, 5) is 2.29. The molecular weight excluding hydrogens is 232 g/mol. The van der Waals surface area contributed by atoms with Gasteiger partial charge in [-0.1, -0.05) is 42.5 Å². The molecule has 0 heterocycles. The molecule has 19 heavy (non-hydrogen) atoms. The lowest BCUT2D eigenvalue weighted by Crippen LogP contribution is -2.22. The molecule has 2 aromatic rings. The molecule has 0 amide bonds. The number of anilines is 1. The van der Waals surface area contributed by atoms with Crippen LogP contribution in [0.1, 0.15) is 16.7 Å². The summed E-state index contributed by atoms with van der Waals surface area (Å²) in [5, 5.41) is 0. The molecule has 0 spiro atoms. The van der Waals surface area contributed by atoms with Crippen LogP contribution in [0.25, 0.3) is 0 Å². The molecule has 2 nitrogen and oxygen atoms in total. The number of benzene rings is 2. The molecule has 0 aliphatic rings. The van der Waals surface area contributed by atoms with Gasteiger partial charge in [-0.2, -0.15) is 0 Å². The van der Waals surface area contributed by atoms with Crippen LogP contribution in [-0.4, -0.2) is 13.6 Å². The van der Waals surface area contributed by atoms with Crippen molar-refractivity contribution in [1.82, 2.24) is 0 Å². The summed E-state index contributed by atoms with van der Waals surface area (Å²) in [5.41, 5.74) is 10.9. The normalized spacial score (nSPS) is 10.5. The zero-order valence-electron chi connectivity index (χ0n) is 11.8. The lowest BCUT2D eigenvalue weighted by Gasteiger charge is -2.22. The highest BCUT2D eigenvalue weighted by Crippen LogP contribution is 2.21. The van der Waals surface area contributed by atoms with Gasteiger partial charge in [-0.05, 0) is 36.1 Å². The Balaban J connectivity index is 2.07. The first-order chi connectivity index (χ1) is 9.20. The van der Waals surface area contributed by atoms with Gasteiger partial charge in [0.15, 0.2) is 0 Å². The van der Waals surface area contributed by atoms with E-state index in [1.165, 1.54) is 22.4 Å². The van der Waals surface area contributed by atoms with Crippen LogP contribution in [0.3, 0.4) is 0 Å². The van der Waals surface area contributed by atoms with Crippen LogP contribution < -0.4 is 10.6 Å². The first-order valence-electron chi connectivity index (χ1n) is 6.75. The molecule has 0 aliphatic heterocycles. The average molecular weight is 254 g/mol. The van der Waals surface area contributed by atoms with Gasteiger partial charge in [0.05, 0.1) is 0 Å². The minimum atomic E-state index is 0.589. The molecule has 100 valence electrons. The minimum Gasteiger partial charge on any atom is -0.374 e. The third kappa shape index (κ3) is 3.58. The van der Waals surface area contributed by atoms with E-state index in [0.717, 1.165) is 13.0 Å². The van der Waals surface area contributed by atoms with Crippen molar-refractivity contribution in [3.8, 4) is 0 Å². The van der Waals surface area contributed by atoms with Crippen LogP contribution in [0, 0.1) is 6.92 Å². The highest BCUT2D eigenvalue weighted by atomic mass is 15.1. The Morgan fingerprint density at radius 1 is 1.05 bits per heavy atom. The Morgan fingerprint density at radius 3 is 2.47 bits per heavy atom. The monoisotopic (exact) mass is 254 g/mol. The second-order valence-electron chi connectivity index (χ2n) is 4.99. The summed E-state index contributed by atoms with van der Waals surface area (Å²) < 4.78 is 0. The molecule has 0 fully saturated rings. The van der Waals surface area contributed by atoms with Gasteiger partial charge >= 0.3 is 0 Å². The lowest BCUT2D eigenvalue weighted by atomic mass is 10.1. The summed E-state index contributed by atoms with van der Waals surface area (Å²) in [6, 6.07) is 17.1. The van der Waals surface area contributed by atoms with Crippen LogP contribution in [0.4, 0.5) is 5.69 Å². The molecule has 0 aliphatic carbocycles. The maximum absolute atomic E-state index is 5.82. The van der Waals surface area contributed by atoms with Gasteiger partial charge in [-0.25, -0.2) is 0 Å². The highest BCUT2D eigenvalue weighted by molar-refractivity contribution is 5.55. The maximum atomic E-state index is 5.82. The second kappa shape index (κ2) is 6.39. The zero-order valence-corrected chi connectivity index (χ0v) is 11.8. The molecule has 0 atom stereocenters. The quantitative estimate of drug-likeness (QED) is 0.888. The van der Waals surface area contributed by atoms with Crippen molar-refractivity contribution >= 4 is 5.69 Å². The van der Waals surface area contributed by atoms with Gasteiger partial charge in [0.2, 0.25) is 0 Å². The van der Waals surface area contributed by atoms with Crippen molar-refractivity contribution in [2.75, 3.05) is 18.5 Å². The molecule has 0 unspecified atom stereocenters. The van der Waals surface area contributed by atoms with E-state index in [-0.39, 0.29) is 0 Å². The number of nitrogens with two attached hydrogens (primary N) is 1. The van der Waals surface area contributed by atoms with Crippen molar-refractivity contribution < 1.29 is 0 Å². The summed E-state index contributed by atoms with van der Waals surface area (Å²) in [7, 11) is 2.14. The number of hydrogen-bond acceptors (Lipinski definition) is 2. The van der Waals surface area contributed by atoms with Crippen molar-refractivity contribution in [2.24, 2.45) is 5.73 Å². The van der Waals surface area contributed by atoms with Gasteiger partial charge < -0.3 is 10.6 Å². The fourth-order valence-electron chi connectivity index (χ4n) is 2.26. The Labute approximate surface area is 115 Å². The van der Waals surface area contributed by atoms with Gasteiger partial charge in [-0.15, -0.1) is 0 Å². The first kappa shape index (κ1) is 13.6. The summed E-state index contributed by atoms with van der Waals surface area (Å²) >= 11 is 0. The number of likely N-dealkylation sites (N-methyl/N-ethyl adjacent to an activating group) is 1. The molecular formula is C17H22N2. The second-order valence-corrected chi connectivity index (χ2v) is 4.99. The standard InChI is InChI=1S/C17H22N2/c1-14-8-9-16(13-18)17(12-14)19(2)11-10-15-6-4-3-5-7-15/h3-9,12H,10-11,13,18H2,1-2H3. The third-order valence-corrected chi connectivity index (χ3v) is 3.45. The van der Waals surface area contributed by atoms with E-state index in [4.69, 9.17) is 5.73 Å². The Bertz CT molecular complexity index is 520. The van der Waals surface area contributed by atoms with Crippen molar-refractivity contribution in [1.29, 1.82) is 0 Å². The fraction of sp³-hybridized carbons (Fsp3) is 0.294. The van der Waals surface area contributed by atoms with E-state index in [0.29, 0.717) is 6.54 Å². The van der Waals surface area contributed by atoms with Crippen molar-refractivity contribution in [2.45, 2.75) is 19.9 Å². The van der Waals surface area contributed by atoms with E-state index < -0.39 is 0 Å². The Hall–Kier alpha value is -1.80. The van der Waals surface area contributed by atoms with Crippen LogP contribution >= 0.6 is 0 Å². The smallest absolute Gasteiger partial charge is 0.0411 e. The predicted octanol–water partition coefficient (Wildman–Crippen LogP) is 3.13. The number of rotatable bonds is 5. The highest BCUT2D eigenvalue weighted by Gasteiger charge is 2.06. The molecule has 2 heteroatoms. The van der Waals surface area contributed by atoms with E-state index in [2.05, 4.69) is 67.4 Å². The molecule has 0 bridgehead atoms. The summed E-state index contributed by atoms with van der Waals surface area (Å²) in [6.45, 7) is 3.71. The number of nitrogens with zero attached hydrogens (tertiary/aromatic N) is 1. The molecule has 2 rings (SSSR count). The summed E-state index contributed by atoms with van der Waals surface area (Å²) in [5.74, 6) is 0. The predicted molar refractivity (Wildman–Crippen MR) is 82.5 cm³/mol. The van der Waals surface area contributed by atoms with E-state index >= 15 is 0 Å². The van der Waals surface area contributed by atoms with Crippen LogP contribution in [0.2, 0.25) is 0 Å². The fourth-order valence-corrected chi connectivity index (χ4v) is 2.26. The topological polar surface area (TPSA) is 29.3 Å². The first-order valence-corrected chi connectivity index (χ1v) is 6.75. The van der Waals surface area contributed by atoms with E-state index in [1.54, 1.807) is 0 Å². The maximum Gasteiger partial charge on any atom is 0.0411 e. The summed E-state index contributed by atoms with van der Waals surface area (Å²) in [6.07, 6.45) is 1.05. The van der Waals surface area contributed by atoms with Crippen LogP contribution in [-0.2, 0) is 13.0 Å². The molecule has 2 N–H and O–H groups in total. The average Bonchev–Trinajstić information content (AvgIpc) is 2.46. The Morgan fingerprint density at radius 2 is 1.79 bits per heavy atom. The van der Waals surface area contributed by atoms with E-state index in [1.807, 2.05) is 0 Å². The largest absolute Gasteiger partial charge is 0.374 e. The molecule has 0 saturated heterocycles. The van der Waals surface area contributed by atoms with Gasteiger partial charge in [0.1, 0.15) is 0 Å². The van der Waals surface area contributed by atoms with Crippen molar-refractivity contribution in [3.63, 3.8) is 0 Å². The van der Waals surface area contributed by atoms with Gasteiger partial charge in [0, 0.05) is 25.8 Å². The van der Waals surface area contributed by atoms with Gasteiger partial charge in [0.25, 0.3) is 0 Å². The molecule has 0 saturated carbocycles. The number of hydrogen-bond donors (Lipinski definition) is 1. The molecule has 2 aromatic carbocycles. The van der Waals surface area contributed by atoms with Gasteiger partial charge in [-0.3, -0.25) is 0 Å². The SMILES string of the molecule is Cc1ccc(CN)c(N(C)CCc2ccccc2)c1. The zero-order chi connectivity index (χ0) is 13.7. The third-order valence-electron chi connectivity index (χ3n) is 3.45. The molecule has 0 radical (unpaired) electrons. The van der Waals surface area contributed by atoms with E-state index in [9.17, 15) is 0 Å². The lowest BCUT2D eigenvalue weighted by molar-refractivity contribution is 0.865. The van der Waals surface area contributed by atoms with Crippen LogP contribution in [0.15, 0.2) is 48.5 Å². The van der Waals surface area contributed by atoms with Crippen LogP contribution in [0.5, 0.6) is 0 Å². The van der Waals surface area contributed by atoms with Crippen molar-refractivity contribution in [3.05, 3.63) is 65.2 Å².